The molecule has 0 aromatic carbocycles. The van der Waals surface area contributed by atoms with Crippen molar-refractivity contribution >= 4 is 22.7 Å². The third-order valence-electron chi connectivity index (χ3n) is 0.754. The van der Waals surface area contributed by atoms with E-state index in [1.807, 2.05) is 0 Å². The van der Waals surface area contributed by atoms with Gasteiger partial charge in [0.2, 0.25) is 0 Å². The fourth-order valence-corrected chi connectivity index (χ4v) is 0.568. The fraction of sp³-hybridized carbons (Fsp3) is 0.500. The van der Waals surface area contributed by atoms with Crippen molar-refractivity contribution in [2.45, 2.75) is 0 Å². The van der Waals surface area contributed by atoms with E-state index < -0.39 is 5.24 Å². The second-order valence-electron chi connectivity index (χ2n) is 1.31. The van der Waals surface area contributed by atoms with E-state index in [1.54, 1.807) is 0 Å². The van der Waals surface area contributed by atoms with Crippen LogP contribution in [0, 0.1) is 0 Å². The summed E-state index contributed by atoms with van der Waals surface area (Å²) in [6.07, 6.45) is 0. The standard InChI is InChI=1S/C4H4ClNO2/c5-3(7)4-6-1-2-8-4/h1-2H2. The highest BCUT2D eigenvalue weighted by molar-refractivity contribution is 6.81. The lowest BCUT2D eigenvalue weighted by atomic mass is 10.7. The first-order chi connectivity index (χ1) is 3.80. The molecule has 1 aliphatic rings. The van der Waals surface area contributed by atoms with Crippen molar-refractivity contribution in [2.24, 2.45) is 4.99 Å². The number of halogens is 1. The normalized spacial score (nSPS) is 17.4. The van der Waals surface area contributed by atoms with Crippen LogP contribution in [0.15, 0.2) is 4.99 Å². The molecular weight excluding hydrogens is 130 g/mol. The molecule has 0 saturated heterocycles. The number of ether oxygens (including phenoxy) is 1. The van der Waals surface area contributed by atoms with Crippen molar-refractivity contribution in [1.82, 2.24) is 0 Å². The van der Waals surface area contributed by atoms with Gasteiger partial charge in [-0.2, -0.15) is 0 Å². The summed E-state index contributed by atoms with van der Waals surface area (Å²) in [5, 5.41) is -0.609. The van der Waals surface area contributed by atoms with Gasteiger partial charge >= 0.3 is 5.24 Å². The molecule has 4 heteroatoms. The predicted octanol–water partition coefficient (Wildman–Crippen LogP) is 0.181. The monoisotopic (exact) mass is 133 g/mol. The van der Waals surface area contributed by atoms with Crippen LogP contribution >= 0.6 is 11.6 Å². The smallest absolute Gasteiger partial charge is 0.306 e. The van der Waals surface area contributed by atoms with Gasteiger partial charge in [0.1, 0.15) is 6.61 Å². The second-order valence-corrected chi connectivity index (χ2v) is 1.65. The number of carbonyl (C=O) groups excluding carboxylic acids is 1. The SMILES string of the molecule is O=C(Cl)C1=NCCO1. The molecule has 0 fully saturated rings. The Labute approximate surface area is 51.3 Å². The van der Waals surface area contributed by atoms with Gasteiger partial charge in [0.25, 0.3) is 5.90 Å². The molecule has 0 aliphatic carbocycles. The van der Waals surface area contributed by atoms with Gasteiger partial charge < -0.3 is 4.74 Å². The largest absolute Gasteiger partial charge is 0.473 e. The highest BCUT2D eigenvalue weighted by atomic mass is 35.5. The molecule has 0 atom stereocenters. The van der Waals surface area contributed by atoms with E-state index in [9.17, 15) is 4.79 Å². The van der Waals surface area contributed by atoms with Crippen LogP contribution in [0.5, 0.6) is 0 Å². The van der Waals surface area contributed by atoms with Crippen LogP contribution in [-0.4, -0.2) is 24.3 Å². The first-order valence-corrected chi connectivity index (χ1v) is 2.55. The molecular formula is C4H4ClNO2. The third kappa shape index (κ3) is 0.980. The summed E-state index contributed by atoms with van der Waals surface area (Å²) >= 11 is 4.99. The molecule has 8 heavy (non-hydrogen) atoms. The van der Waals surface area contributed by atoms with Gasteiger partial charge in [-0.15, -0.1) is 0 Å². The van der Waals surface area contributed by atoms with E-state index in [0.717, 1.165) is 0 Å². The van der Waals surface area contributed by atoms with Crippen LogP contribution in [-0.2, 0) is 9.53 Å². The van der Waals surface area contributed by atoms with Gasteiger partial charge in [-0.05, 0) is 11.6 Å². The van der Waals surface area contributed by atoms with Crippen molar-refractivity contribution in [3.8, 4) is 0 Å². The maximum atomic E-state index is 10.2. The zero-order chi connectivity index (χ0) is 5.98. The number of aliphatic imine (C=N–C) groups is 1. The minimum atomic E-state index is -0.609. The molecule has 0 radical (unpaired) electrons. The molecule has 1 heterocycles. The van der Waals surface area contributed by atoms with Gasteiger partial charge in [0.05, 0.1) is 6.54 Å². The summed E-state index contributed by atoms with van der Waals surface area (Å²) in [4.78, 5) is 13.8. The Morgan fingerprint density at radius 2 is 2.62 bits per heavy atom. The highest BCUT2D eigenvalue weighted by Gasteiger charge is 2.12. The molecule has 0 aromatic rings. The van der Waals surface area contributed by atoms with Gasteiger partial charge in [0, 0.05) is 0 Å². The molecule has 3 nitrogen and oxygen atoms in total. The predicted molar refractivity (Wildman–Crippen MR) is 29.1 cm³/mol. The Bertz CT molecular complexity index is 143. The van der Waals surface area contributed by atoms with E-state index >= 15 is 0 Å². The Kier molecular flexibility index (Phi) is 1.48. The topological polar surface area (TPSA) is 38.7 Å². The Balaban J connectivity index is 2.57. The Hall–Kier alpha value is -0.570. The van der Waals surface area contributed by atoms with Crippen molar-refractivity contribution < 1.29 is 9.53 Å². The molecule has 0 unspecified atom stereocenters. The highest BCUT2D eigenvalue weighted by Crippen LogP contribution is 1.96. The number of nitrogens with zero attached hydrogens (tertiary/aromatic N) is 1. The molecule has 0 bridgehead atoms. The average molecular weight is 134 g/mol. The quantitative estimate of drug-likeness (QED) is 0.479. The molecule has 44 valence electrons. The zero-order valence-corrected chi connectivity index (χ0v) is 4.81. The summed E-state index contributed by atoms with van der Waals surface area (Å²) in [7, 11) is 0. The number of hydrogen-bond donors (Lipinski definition) is 0. The molecule has 0 N–H and O–H groups in total. The lowest BCUT2D eigenvalue weighted by Gasteiger charge is -1.89. The molecule has 0 spiro atoms. The summed E-state index contributed by atoms with van der Waals surface area (Å²) < 4.78 is 4.68. The third-order valence-corrected chi connectivity index (χ3v) is 0.915. The van der Waals surface area contributed by atoms with Gasteiger partial charge in [-0.3, -0.25) is 4.79 Å². The van der Waals surface area contributed by atoms with E-state index in [0.29, 0.717) is 13.2 Å². The molecule has 0 aromatic heterocycles. The molecule has 0 amide bonds. The average Bonchev–Trinajstić information content (AvgIpc) is 2.12. The van der Waals surface area contributed by atoms with Crippen molar-refractivity contribution in [3.05, 3.63) is 0 Å². The first kappa shape index (κ1) is 5.56. The number of carbonyl (C=O) groups is 1. The van der Waals surface area contributed by atoms with Gasteiger partial charge in [-0.1, -0.05) is 0 Å². The first-order valence-electron chi connectivity index (χ1n) is 2.18. The van der Waals surface area contributed by atoms with Crippen LogP contribution in [0.25, 0.3) is 0 Å². The number of rotatable bonds is 1. The van der Waals surface area contributed by atoms with Crippen LogP contribution in [0.3, 0.4) is 0 Å². The van der Waals surface area contributed by atoms with Crippen LogP contribution < -0.4 is 0 Å². The second kappa shape index (κ2) is 2.13. The molecule has 1 rings (SSSR count). The molecule has 1 aliphatic heterocycles. The van der Waals surface area contributed by atoms with Crippen molar-refractivity contribution in [3.63, 3.8) is 0 Å². The summed E-state index contributed by atoms with van der Waals surface area (Å²) in [5.41, 5.74) is 0. The summed E-state index contributed by atoms with van der Waals surface area (Å²) in [6.45, 7) is 1.03. The Morgan fingerprint density at radius 3 is 2.88 bits per heavy atom. The van der Waals surface area contributed by atoms with Crippen molar-refractivity contribution in [2.75, 3.05) is 13.2 Å². The van der Waals surface area contributed by atoms with Crippen molar-refractivity contribution in [1.29, 1.82) is 0 Å². The fourth-order valence-electron chi connectivity index (χ4n) is 0.454. The zero-order valence-electron chi connectivity index (χ0n) is 4.06. The molecule has 0 saturated carbocycles. The van der Waals surface area contributed by atoms with E-state index in [2.05, 4.69) is 9.73 Å². The Morgan fingerprint density at radius 1 is 1.88 bits per heavy atom. The van der Waals surface area contributed by atoms with Gasteiger partial charge in [0.15, 0.2) is 0 Å². The summed E-state index contributed by atoms with van der Waals surface area (Å²) in [5.74, 6) is 0.0478. The van der Waals surface area contributed by atoms with Crippen LogP contribution in [0.4, 0.5) is 0 Å². The lowest BCUT2D eigenvalue weighted by molar-refractivity contribution is -0.107. The summed E-state index contributed by atoms with van der Waals surface area (Å²) in [6, 6.07) is 0. The van der Waals surface area contributed by atoms with E-state index in [4.69, 9.17) is 11.6 Å². The lowest BCUT2D eigenvalue weighted by Crippen LogP contribution is -2.06. The number of hydrogen-bond acceptors (Lipinski definition) is 3. The van der Waals surface area contributed by atoms with Crippen LogP contribution in [0.1, 0.15) is 0 Å². The van der Waals surface area contributed by atoms with E-state index in [1.165, 1.54) is 0 Å². The van der Waals surface area contributed by atoms with E-state index in [-0.39, 0.29) is 5.90 Å². The maximum Gasteiger partial charge on any atom is 0.306 e. The van der Waals surface area contributed by atoms with Crippen LogP contribution in [0.2, 0.25) is 0 Å². The minimum Gasteiger partial charge on any atom is -0.473 e. The maximum absolute atomic E-state index is 10.2. The minimum absolute atomic E-state index is 0.0478. The van der Waals surface area contributed by atoms with Gasteiger partial charge in [-0.25, -0.2) is 4.99 Å².